The SMILES string of the molecule is CC(=O)/C=C(\O)CC([NH3+])c1cccc(Cl)c1.[Cl-]. The van der Waals surface area contributed by atoms with E-state index < -0.39 is 0 Å². The van der Waals surface area contributed by atoms with Gasteiger partial charge < -0.3 is 23.2 Å². The number of benzene rings is 1. The maximum absolute atomic E-state index is 10.7. The standard InChI is InChI=1S/C12H14ClNO2.ClH/c1-8(15)5-11(16)7-12(14)9-3-2-4-10(13)6-9;/h2-6,12,16H,7,14H2,1H3;1H/b11-5-;. The molecule has 0 aliphatic carbocycles. The highest BCUT2D eigenvalue weighted by Crippen LogP contribution is 2.19. The van der Waals surface area contributed by atoms with Crippen molar-refractivity contribution < 1.29 is 28.0 Å². The van der Waals surface area contributed by atoms with Gasteiger partial charge in [-0.15, -0.1) is 0 Å². The number of halogens is 2. The van der Waals surface area contributed by atoms with Crippen molar-refractivity contribution in [2.75, 3.05) is 0 Å². The van der Waals surface area contributed by atoms with E-state index in [1.54, 1.807) is 12.1 Å². The van der Waals surface area contributed by atoms with Gasteiger partial charge in [-0.25, -0.2) is 0 Å². The van der Waals surface area contributed by atoms with E-state index in [1.807, 2.05) is 12.1 Å². The summed E-state index contributed by atoms with van der Waals surface area (Å²) in [5.74, 6) is -0.122. The molecule has 0 spiro atoms. The van der Waals surface area contributed by atoms with Crippen molar-refractivity contribution in [3.05, 3.63) is 46.7 Å². The fraction of sp³-hybridized carbons (Fsp3) is 0.250. The van der Waals surface area contributed by atoms with Gasteiger partial charge in [0.05, 0.1) is 6.42 Å². The Hall–Kier alpha value is -1.03. The van der Waals surface area contributed by atoms with Crippen LogP contribution in [0.5, 0.6) is 0 Å². The minimum Gasteiger partial charge on any atom is -1.00 e. The van der Waals surface area contributed by atoms with Crippen molar-refractivity contribution in [1.29, 1.82) is 0 Å². The number of aliphatic hydroxyl groups is 1. The average molecular weight is 276 g/mol. The van der Waals surface area contributed by atoms with E-state index in [9.17, 15) is 9.90 Å². The van der Waals surface area contributed by atoms with Gasteiger partial charge in [-0.2, -0.15) is 0 Å². The molecule has 1 aromatic rings. The zero-order chi connectivity index (χ0) is 12.1. The van der Waals surface area contributed by atoms with Crippen molar-refractivity contribution in [1.82, 2.24) is 0 Å². The Balaban J connectivity index is 0.00000256. The highest BCUT2D eigenvalue weighted by Gasteiger charge is 2.12. The van der Waals surface area contributed by atoms with Crippen LogP contribution in [-0.4, -0.2) is 10.9 Å². The molecule has 1 atom stereocenters. The molecule has 0 aliphatic rings. The van der Waals surface area contributed by atoms with Crippen LogP contribution in [-0.2, 0) is 4.79 Å². The molecule has 94 valence electrons. The minimum atomic E-state index is -0.171. The van der Waals surface area contributed by atoms with Crippen LogP contribution in [0.2, 0.25) is 5.02 Å². The first kappa shape index (κ1) is 16.0. The summed E-state index contributed by atoms with van der Waals surface area (Å²) < 4.78 is 0. The van der Waals surface area contributed by atoms with Crippen LogP contribution < -0.4 is 18.1 Å². The molecule has 0 aliphatic heterocycles. The number of carbonyl (C=O) groups is 1. The lowest BCUT2D eigenvalue weighted by atomic mass is 10.0. The zero-order valence-electron chi connectivity index (χ0n) is 9.49. The Morgan fingerprint density at radius 2 is 2.24 bits per heavy atom. The smallest absolute Gasteiger partial charge is 0.155 e. The molecule has 0 fully saturated rings. The molecule has 1 rings (SSSR count). The molecule has 5 heteroatoms. The van der Waals surface area contributed by atoms with E-state index in [0.29, 0.717) is 11.4 Å². The maximum atomic E-state index is 10.7. The van der Waals surface area contributed by atoms with Crippen molar-refractivity contribution in [3.63, 3.8) is 0 Å². The second kappa shape index (κ2) is 7.33. The lowest BCUT2D eigenvalue weighted by Gasteiger charge is -2.08. The van der Waals surface area contributed by atoms with Crippen LogP contribution in [0.15, 0.2) is 36.1 Å². The predicted molar refractivity (Wildman–Crippen MR) is 63.1 cm³/mol. The van der Waals surface area contributed by atoms with E-state index >= 15 is 0 Å². The first-order valence-electron chi connectivity index (χ1n) is 4.97. The van der Waals surface area contributed by atoms with Gasteiger partial charge >= 0.3 is 0 Å². The van der Waals surface area contributed by atoms with Gasteiger partial charge in [-0.05, 0) is 19.1 Å². The van der Waals surface area contributed by atoms with Gasteiger partial charge in [0.25, 0.3) is 0 Å². The topological polar surface area (TPSA) is 64.9 Å². The fourth-order valence-electron chi connectivity index (χ4n) is 1.42. The van der Waals surface area contributed by atoms with Crippen molar-refractivity contribution in [2.45, 2.75) is 19.4 Å². The largest absolute Gasteiger partial charge is 1.00 e. The average Bonchev–Trinajstić information content (AvgIpc) is 2.16. The van der Waals surface area contributed by atoms with Gasteiger partial charge in [0.1, 0.15) is 11.8 Å². The molecule has 4 N–H and O–H groups in total. The Labute approximate surface area is 112 Å². The summed E-state index contributed by atoms with van der Waals surface area (Å²) >= 11 is 5.85. The monoisotopic (exact) mass is 275 g/mol. The van der Waals surface area contributed by atoms with Crippen LogP contribution in [0.1, 0.15) is 24.9 Å². The number of rotatable bonds is 4. The lowest BCUT2D eigenvalue weighted by Crippen LogP contribution is -3.00. The van der Waals surface area contributed by atoms with E-state index in [4.69, 9.17) is 11.6 Å². The normalized spacial score (nSPS) is 12.8. The van der Waals surface area contributed by atoms with Crippen LogP contribution in [0.25, 0.3) is 0 Å². The van der Waals surface area contributed by atoms with E-state index in [1.165, 1.54) is 13.0 Å². The minimum absolute atomic E-state index is 0. The molecule has 0 aromatic heterocycles. The van der Waals surface area contributed by atoms with Crippen LogP contribution >= 0.6 is 11.6 Å². The molecule has 1 aromatic carbocycles. The predicted octanol–water partition coefficient (Wildman–Crippen LogP) is -0.952. The molecule has 0 heterocycles. The van der Waals surface area contributed by atoms with Gasteiger partial charge in [0.15, 0.2) is 5.78 Å². The number of hydrogen-bond donors (Lipinski definition) is 2. The van der Waals surface area contributed by atoms with E-state index in [2.05, 4.69) is 5.73 Å². The summed E-state index contributed by atoms with van der Waals surface area (Å²) in [4.78, 5) is 10.7. The molecule has 0 bridgehead atoms. The van der Waals surface area contributed by atoms with E-state index in [-0.39, 0.29) is 30.0 Å². The number of hydrogen-bond acceptors (Lipinski definition) is 2. The highest BCUT2D eigenvalue weighted by molar-refractivity contribution is 6.30. The molecule has 0 saturated heterocycles. The molecule has 3 nitrogen and oxygen atoms in total. The number of ketones is 1. The van der Waals surface area contributed by atoms with Gasteiger partial charge in [0.2, 0.25) is 0 Å². The molecule has 0 radical (unpaired) electrons. The lowest BCUT2D eigenvalue weighted by molar-refractivity contribution is -0.426. The summed E-state index contributed by atoms with van der Waals surface area (Å²) in [6.45, 7) is 1.40. The third-order valence-corrected chi connectivity index (χ3v) is 2.38. The summed E-state index contributed by atoms with van der Waals surface area (Å²) in [6, 6.07) is 7.20. The summed E-state index contributed by atoms with van der Waals surface area (Å²) in [6.07, 6.45) is 1.54. The molecule has 17 heavy (non-hydrogen) atoms. The molecule has 0 amide bonds. The zero-order valence-corrected chi connectivity index (χ0v) is 11.0. The van der Waals surface area contributed by atoms with Gasteiger partial charge in [-0.3, -0.25) is 4.79 Å². The molecular weight excluding hydrogens is 261 g/mol. The van der Waals surface area contributed by atoms with Crippen molar-refractivity contribution in [3.8, 4) is 0 Å². The molecule has 1 unspecified atom stereocenters. The maximum Gasteiger partial charge on any atom is 0.155 e. The second-order valence-corrected chi connectivity index (χ2v) is 4.14. The number of carbonyl (C=O) groups excluding carboxylic acids is 1. The fourth-order valence-corrected chi connectivity index (χ4v) is 1.62. The molecular formula is C12H15Cl2NO2. The summed E-state index contributed by atoms with van der Waals surface area (Å²) in [7, 11) is 0. The van der Waals surface area contributed by atoms with Crippen LogP contribution in [0.4, 0.5) is 0 Å². The Kier molecular flexibility index (Phi) is 6.88. The Morgan fingerprint density at radius 3 is 2.76 bits per heavy atom. The van der Waals surface area contributed by atoms with Crippen molar-refractivity contribution >= 4 is 17.4 Å². The first-order valence-corrected chi connectivity index (χ1v) is 5.35. The summed E-state index contributed by atoms with van der Waals surface area (Å²) in [5, 5.41) is 10.1. The van der Waals surface area contributed by atoms with Gasteiger partial charge in [-0.1, -0.05) is 23.7 Å². The van der Waals surface area contributed by atoms with Crippen LogP contribution in [0.3, 0.4) is 0 Å². The highest BCUT2D eigenvalue weighted by atomic mass is 35.5. The molecule has 0 saturated carbocycles. The Bertz CT molecular complexity index is 419. The second-order valence-electron chi connectivity index (χ2n) is 3.70. The summed E-state index contributed by atoms with van der Waals surface area (Å²) in [5.41, 5.74) is 4.87. The first-order chi connectivity index (χ1) is 7.49. The number of aliphatic hydroxyl groups excluding tert-OH is 1. The third-order valence-electron chi connectivity index (χ3n) is 2.15. The van der Waals surface area contributed by atoms with Crippen LogP contribution in [0, 0.1) is 0 Å². The Morgan fingerprint density at radius 1 is 1.59 bits per heavy atom. The number of quaternary nitrogens is 1. The third kappa shape index (κ3) is 5.73. The van der Waals surface area contributed by atoms with Crippen molar-refractivity contribution in [2.24, 2.45) is 0 Å². The quantitative estimate of drug-likeness (QED) is 0.550. The number of allylic oxidation sites excluding steroid dienone is 1. The van der Waals surface area contributed by atoms with E-state index in [0.717, 1.165) is 5.56 Å². The van der Waals surface area contributed by atoms with Gasteiger partial charge in [0, 0.05) is 16.7 Å².